The Balaban J connectivity index is 2.68. The summed E-state index contributed by atoms with van der Waals surface area (Å²) in [6.07, 6.45) is 10.3. The van der Waals surface area contributed by atoms with E-state index >= 15 is 0 Å². The van der Waals surface area contributed by atoms with Crippen molar-refractivity contribution in [1.82, 2.24) is 4.98 Å². The molecule has 0 amide bonds. The Kier molecular flexibility index (Phi) is 4.28. The van der Waals surface area contributed by atoms with Gasteiger partial charge in [0.25, 0.3) is 0 Å². The molecule has 0 aliphatic carbocycles. The fourth-order valence-corrected chi connectivity index (χ4v) is 1.33. The molecular formula is C11H13ClN2. The van der Waals surface area contributed by atoms with Gasteiger partial charge in [-0.15, -0.1) is 12.3 Å². The van der Waals surface area contributed by atoms with Gasteiger partial charge in [0.1, 0.15) is 0 Å². The summed E-state index contributed by atoms with van der Waals surface area (Å²) in [4.78, 5) is 3.91. The average Bonchev–Trinajstić information content (AvgIpc) is 2.20. The van der Waals surface area contributed by atoms with Crippen molar-refractivity contribution < 1.29 is 0 Å². The van der Waals surface area contributed by atoms with Crippen LogP contribution in [0.1, 0.15) is 19.8 Å². The molecule has 0 aromatic carbocycles. The number of hydrogen-bond donors (Lipinski definition) is 1. The summed E-state index contributed by atoms with van der Waals surface area (Å²) in [7, 11) is 0. The van der Waals surface area contributed by atoms with Crippen LogP contribution in [0.15, 0.2) is 18.5 Å². The van der Waals surface area contributed by atoms with Crippen molar-refractivity contribution in [3.05, 3.63) is 23.5 Å². The highest BCUT2D eigenvalue weighted by molar-refractivity contribution is 6.33. The van der Waals surface area contributed by atoms with Crippen LogP contribution in [0, 0.1) is 12.3 Å². The number of nitrogens with one attached hydrogen (secondary N) is 1. The molecule has 1 unspecified atom stereocenters. The summed E-state index contributed by atoms with van der Waals surface area (Å²) in [5.41, 5.74) is 0.892. The highest BCUT2D eigenvalue weighted by Crippen LogP contribution is 2.21. The van der Waals surface area contributed by atoms with Gasteiger partial charge >= 0.3 is 0 Å². The Hall–Kier alpha value is -1.20. The van der Waals surface area contributed by atoms with E-state index in [-0.39, 0.29) is 6.04 Å². The third kappa shape index (κ3) is 2.93. The second-order valence-electron chi connectivity index (χ2n) is 3.01. The van der Waals surface area contributed by atoms with Crippen LogP contribution in [-0.4, -0.2) is 11.0 Å². The lowest BCUT2D eigenvalue weighted by Gasteiger charge is -2.16. The SMILES string of the molecule is C#CCC(CC)Nc1ccncc1Cl. The Labute approximate surface area is 89.7 Å². The summed E-state index contributed by atoms with van der Waals surface area (Å²) in [5.74, 6) is 2.64. The summed E-state index contributed by atoms with van der Waals surface area (Å²) in [5, 5.41) is 3.91. The lowest BCUT2D eigenvalue weighted by molar-refractivity contribution is 0.715. The van der Waals surface area contributed by atoms with Crippen molar-refractivity contribution in [3.8, 4) is 12.3 Å². The van der Waals surface area contributed by atoms with E-state index in [2.05, 4.69) is 23.1 Å². The first-order chi connectivity index (χ1) is 6.77. The Morgan fingerprint density at radius 2 is 2.50 bits per heavy atom. The minimum atomic E-state index is 0.278. The van der Waals surface area contributed by atoms with Crippen LogP contribution in [-0.2, 0) is 0 Å². The second kappa shape index (κ2) is 5.51. The van der Waals surface area contributed by atoms with Gasteiger partial charge in [-0.3, -0.25) is 4.98 Å². The molecule has 0 bridgehead atoms. The van der Waals surface area contributed by atoms with Crippen molar-refractivity contribution in [1.29, 1.82) is 0 Å². The maximum atomic E-state index is 5.95. The van der Waals surface area contributed by atoms with Gasteiger partial charge in [0.15, 0.2) is 0 Å². The summed E-state index contributed by atoms with van der Waals surface area (Å²) in [6, 6.07) is 2.13. The van der Waals surface area contributed by atoms with E-state index in [0.29, 0.717) is 11.4 Å². The molecule has 0 aliphatic heterocycles. The first-order valence-electron chi connectivity index (χ1n) is 4.57. The lowest BCUT2D eigenvalue weighted by atomic mass is 10.1. The Morgan fingerprint density at radius 3 is 3.07 bits per heavy atom. The minimum Gasteiger partial charge on any atom is -0.380 e. The van der Waals surface area contributed by atoms with Crippen molar-refractivity contribution in [2.45, 2.75) is 25.8 Å². The van der Waals surface area contributed by atoms with Crippen LogP contribution >= 0.6 is 11.6 Å². The van der Waals surface area contributed by atoms with Crippen LogP contribution in [0.3, 0.4) is 0 Å². The number of pyridine rings is 1. The van der Waals surface area contributed by atoms with Gasteiger partial charge in [-0.2, -0.15) is 0 Å². The molecule has 14 heavy (non-hydrogen) atoms. The topological polar surface area (TPSA) is 24.9 Å². The van der Waals surface area contributed by atoms with Gasteiger partial charge in [0.05, 0.1) is 10.7 Å². The molecule has 0 radical (unpaired) electrons. The number of terminal acetylenes is 1. The van der Waals surface area contributed by atoms with Crippen LogP contribution in [0.2, 0.25) is 5.02 Å². The first-order valence-corrected chi connectivity index (χ1v) is 4.95. The van der Waals surface area contributed by atoms with Crippen LogP contribution in [0.5, 0.6) is 0 Å². The van der Waals surface area contributed by atoms with E-state index in [4.69, 9.17) is 18.0 Å². The molecule has 0 spiro atoms. The van der Waals surface area contributed by atoms with Crippen molar-refractivity contribution >= 4 is 17.3 Å². The third-order valence-electron chi connectivity index (χ3n) is 1.99. The third-order valence-corrected chi connectivity index (χ3v) is 2.29. The molecule has 1 heterocycles. The maximum absolute atomic E-state index is 5.95. The molecule has 74 valence electrons. The van der Waals surface area contributed by atoms with E-state index in [1.165, 1.54) is 0 Å². The fraction of sp³-hybridized carbons (Fsp3) is 0.364. The lowest BCUT2D eigenvalue weighted by Crippen LogP contribution is -2.17. The molecular weight excluding hydrogens is 196 g/mol. The predicted octanol–water partition coefficient (Wildman–Crippen LogP) is 2.95. The highest BCUT2D eigenvalue weighted by atomic mass is 35.5. The molecule has 2 nitrogen and oxygen atoms in total. The number of hydrogen-bond acceptors (Lipinski definition) is 2. The number of rotatable bonds is 4. The zero-order chi connectivity index (χ0) is 10.4. The largest absolute Gasteiger partial charge is 0.380 e. The van der Waals surface area contributed by atoms with E-state index in [1.54, 1.807) is 12.4 Å². The molecule has 1 rings (SSSR count). The molecule has 0 saturated heterocycles. The zero-order valence-electron chi connectivity index (χ0n) is 8.13. The minimum absolute atomic E-state index is 0.278. The molecule has 0 aliphatic rings. The molecule has 1 aromatic rings. The van der Waals surface area contributed by atoms with E-state index in [9.17, 15) is 0 Å². The number of aromatic nitrogens is 1. The van der Waals surface area contributed by atoms with Crippen LogP contribution < -0.4 is 5.32 Å². The van der Waals surface area contributed by atoms with Gasteiger partial charge in [-0.1, -0.05) is 18.5 Å². The van der Waals surface area contributed by atoms with Crippen LogP contribution in [0.25, 0.3) is 0 Å². The van der Waals surface area contributed by atoms with Gasteiger partial charge in [0.2, 0.25) is 0 Å². The van der Waals surface area contributed by atoms with E-state index in [0.717, 1.165) is 12.1 Å². The summed E-state index contributed by atoms with van der Waals surface area (Å²) >= 11 is 5.95. The van der Waals surface area contributed by atoms with Gasteiger partial charge in [0, 0.05) is 24.9 Å². The zero-order valence-corrected chi connectivity index (χ0v) is 8.88. The van der Waals surface area contributed by atoms with Crippen molar-refractivity contribution in [2.75, 3.05) is 5.32 Å². The van der Waals surface area contributed by atoms with Gasteiger partial charge in [-0.05, 0) is 12.5 Å². The van der Waals surface area contributed by atoms with Gasteiger partial charge in [-0.25, -0.2) is 0 Å². The van der Waals surface area contributed by atoms with Gasteiger partial charge < -0.3 is 5.32 Å². The standard InChI is InChI=1S/C11H13ClN2/c1-3-5-9(4-2)14-11-6-7-13-8-10(11)12/h1,6-9H,4-5H2,2H3,(H,13,14). The predicted molar refractivity (Wildman–Crippen MR) is 60.4 cm³/mol. The number of anilines is 1. The quantitative estimate of drug-likeness (QED) is 0.770. The van der Waals surface area contributed by atoms with Crippen molar-refractivity contribution in [3.63, 3.8) is 0 Å². The average molecular weight is 209 g/mol. The molecule has 0 fully saturated rings. The van der Waals surface area contributed by atoms with Crippen molar-refractivity contribution in [2.24, 2.45) is 0 Å². The highest BCUT2D eigenvalue weighted by Gasteiger charge is 2.06. The molecule has 1 atom stereocenters. The normalized spacial score (nSPS) is 11.8. The summed E-state index contributed by atoms with van der Waals surface area (Å²) in [6.45, 7) is 2.09. The van der Waals surface area contributed by atoms with E-state index < -0.39 is 0 Å². The first kappa shape index (κ1) is 10.9. The molecule has 3 heteroatoms. The van der Waals surface area contributed by atoms with Crippen LogP contribution in [0.4, 0.5) is 5.69 Å². The smallest absolute Gasteiger partial charge is 0.0820 e. The van der Waals surface area contributed by atoms with E-state index in [1.807, 2.05) is 6.07 Å². The molecule has 1 aromatic heterocycles. The number of halogens is 1. The summed E-state index contributed by atoms with van der Waals surface area (Å²) < 4.78 is 0. The number of nitrogens with zero attached hydrogens (tertiary/aromatic N) is 1. The fourth-order valence-electron chi connectivity index (χ4n) is 1.15. The Bertz CT molecular complexity index is 330. The monoisotopic (exact) mass is 208 g/mol. The molecule has 1 N–H and O–H groups in total. The second-order valence-corrected chi connectivity index (χ2v) is 3.42. The molecule has 0 saturated carbocycles. The maximum Gasteiger partial charge on any atom is 0.0820 e. The Morgan fingerprint density at radius 1 is 1.71 bits per heavy atom.